The first-order valence-electron chi connectivity index (χ1n) is 5.90. The number of amides is 1. The number of ether oxygens (including phenoxy) is 1. The summed E-state index contributed by atoms with van der Waals surface area (Å²) in [5, 5.41) is 0. The van der Waals surface area contributed by atoms with E-state index in [0.717, 1.165) is 11.3 Å². The number of carbonyl (C=O) groups is 1. The Kier molecular flexibility index (Phi) is 3.87. The maximum absolute atomic E-state index is 11.4. The molecule has 100 valence electrons. The lowest BCUT2D eigenvalue weighted by atomic mass is 10.2. The van der Waals surface area contributed by atoms with Gasteiger partial charge in [-0.2, -0.15) is 0 Å². The summed E-state index contributed by atoms with van der Waals surface area (Å²) in [6.45, 7) is 4.06. The fraction of sp³-hybridized carbons (Fsp3) is 0.214. The largest absolute Gasteiger partial charge is 0.486 e. The molecule has 0 atom stereocenters. The van der Waals surface area contributed by atoms with Crippen molar-refractivity contribution in [2.75, 3.05) is 0 Å². The maximum atomic E-state index is 11.4. The summed E-state index contributed by atoms with van der Waals surface area (Å²) in [5.74, 6) is 6.17. The molecule has 5 nitrogen and oxygen atoms in total. The maximum Gasteiger partial charge on any atom is 0.301 e. The van der Waals surface area contributed by atoms with Gasteiger partial charge in [0.25, 0.3) is 0 Å². The van der Waals surface area contributed by atoms with Gasteiger partial charge in [0.05, 0.1) is 0 Å². The van der Waals surface area contributed by atoms with Gasteiger partial charge in [0, 0.05) is 5.56 Å². The molecule has 5 heteroatoms. The van der Waals surface area contributed by atoms with Gasteiger partial charge in [-0.3, -0.25) is 10.2 Å². The number of benzene rings is 1. The Morgan fingerprint density at radius 3 is 2.63 bits per heavy atom. The highest BCUT2D eigenvalue weighted by Crippen LogP contribution is 2.18. The summed E-state index contributed by atoms with van der Waals surface area (Å²) in [4.78, 5) is 11.4. The van der Waals surface area contributed by atoms with Gasteiger partial charge < -0.3 is 9.15 Å². The van der Waals surface area contributed by atoms with E-state index in [-0.39, 0.29) is 12.4 Å². The standard InChI is InChI=1S/C14H16N2O3/c1-9-3-5-11(6-4-9)18-8-12-7-10(2)13(19-12)14(17)16-15/h3-7H,8,15H2,1-2H3,(H,16,17). The lowest BCUT2D eigenvalue weighted by Gasteiger charge is -2.04. The third-order valence-corrected chi connectivity index (χ3v) is 2.71. The molecule has 2 aromatic rings. The Morgan fingerprint density at radius 2 is 2.00 bits per heavy atom. The van der Waals surface area contributed by atoms with Crippen molar-refractivity contribution in [1.82, 2.24) is 5.43 Å². The Morgan fingerprint density at radius 1 is 1.32 bits per heavy atom. The van der Waals surface area contributed by atoms with Crippen molar-refractivity contribution in [2.24, 2.45) is 5.84 Å². The summed E-state index contributed by atoms with van der Waals surface area (Å²) in [7, 11) is 0. The Hall–Kier alpha value is -2.27. The van der Waals surface area contributed by atoms with Crippen molar-refractivity contribution in [3.63, 3.8) is 0 Å². The lowest BCUT2D eigenvalue weighted by Crippen LogP contribution is -2.30. The van der Waals surface area contributed by atoms with E-state index in [2.05, 4.69) is 0 Å². The molecule has 0 radical (unpaired) electrons. The lowest BCUT2D eigenvalue weighted by molar-refractivity contribution is 0.0921. The van der Waals surface area contributed by atoms with Crippen LogP contribution in [0.4, 0.5) is 0 Å². The summed E-state index contributed by atoms with van der Waals surface area (Å²) in [5.41, 5.74) is 3.94. The van der Waals surface area contributed by atoms with Crippen LogP contribution in [0.3, 0.4) is 0 Å². The normalized spacial score (nSPS) is 10.3. The molecule has 1 heterocycles. The van der Waals surface area contributed by atoms with Gasteiger partial charge in [-0.05, 0) is 32.0 Å². The number of hydrogen-bond donors (Lipinski definition) is 2. The quantitative estimate of drug-likeness (QED) is 0.501. The number of carbonyl (C=O) groups excluding carboxylic acids is 1. The van der Waals surface area contributed by atoms with Crippen LogP contribution in [0.1, 0.15) is 27.4 Å². The summed E-state index contributed by atoms with van der Waals surface area (Å²) in [6, 6.07) is 9.47. The SMILES string of the molecule is Cc1ccc(OCc2cc(C)c(C(=O)NN)o2)cc1. The molecule has 0 unspecified atom stereocenters. The first-order valence-corrected chi connectivity index (χ1v) is 5.90. The first kappa shape index (κ1) is 13.2. The van der Waals surface area contributed by atoms with Crippen LogP contribution in [-0.2, 0) is 6.61 Å². The van der Waals surface area contributed by atoms with Crippen LogP contribution in [0.15, 0.2) is 34.7 Å². The zero-order valence-electron chi connectivity index (χ0n) is 10.9. The molecule has 0 saturated heterocycles. The second-order valence-corrected chi connectivity index (χ2v) is 4.30. The second kappa shape index (κ2) is 5.58. The van der Waals surface area contributed by atoms with Crippen molar-refractivity contribution in [3.8, 4) is 5.75 Å². The molecule has 0 aliphatic rings. The number of aryl methyl sites for hydroxylation is 2. The Labute approximate surface area is 111 Å². The van der Waals surface area contributed by atoms with Gasteiger partial charge in [0.15, 0.2) is 5.76 Å². The average molecular weight is 260 g/mol. The van der Waals surface area contributed by atoms with Gasteiger partial charge in [-0.25, -0.2) is 5.84 Å². The van der Waals surface area contributed by atoms with Crippen LogP contribution in [-0.4, -0.2) is 5.91 Å². The zero-order chi connectivity index (χ0) is 13.8. The van der Waals surface area contributed by atoms with Crippen LogP contribution in [0.5, 0.6) is 5.75 Å². The molecule has 0 fully saturated rings. The van der Waals surface area contributed by atoms with Crippen LogP contribution < -0.4 is 16.0 Å². The number of nitrogen functional groups attached to an aromatic ring is 1. The zero-order valence-corrected chi connectivity index (χ0v) is 10.9. The van der Waals surface area contributed by atoms with Gasteiger partial charge in [-0.1, -0.05) is 17.7 Å². The van der Waals surface area contributed by atoms with E-state index in [0.29, 0.717) is 5.76 Å². The smallest absolute Gasteiger partial charge is 0.301 e. The number of nitrogens with two attached hydrogens (primary N) is 1. The van der Waals surface area contributed by atoms with Crippen molar-refractivity contribution >= 4 is 5.91 Å². The van der Waals surface area contributed by atoms with Crippen molar-refractivity contribution < 1.29 is 13.9 Å². The van der Waals surface area contributed by atoms with E-state index < -0.39 is 5.91 Å². The molecule has 0 saturated carbocycles. The first-order chi connectivity index (χ1) is 9.10. The molecule has 0 aliphatic heterocycles. The predicted octanol–water partition coefficient (Wildman–Crippen LogP) is 2.08. The minimum atomic E-state index is -0.445. The fourth-order valence-electron chi connectivity index (χ4n) is 1.70. The molecule has 0 aliphatic carbocycles. The molecular weight excluding hydrogens is 244 g/mol. The van der Waals surface area contributed by atoms with E-state index in [1.807, 2.05) is 36.6 Å². The minimum absolute atomic E-state index is 0.213. The van der Waals surface area contributed by atoms with Crippen LogP contribution in [0.2, 0.25) is 0 Å². The topological polar surface area (TPSA) is 77.5 Å². The van der Waals surface area contributed by atoms with Crippen LogP contribution in [0, 0.1) is 13.8 Å². The molecule has 19 heavy (non-hydrogen) atoms. The van der Waals surface area contributed by atoms with Gasteiger partial charge in [-0.15, -0.1) is 0 Å². The molecule has 2 rings (SSSR count). The summed E-state index contributed by atoms with van der Waals surface area (Å²) < 4.78 is 11.0. The van der Waals surface area contributed by atoms with Crippen LogP contribution in [0.25, 0.3) is 0 Å². The van der Waals surface area contributed by atoms with E-state index in [1.165, 1.54) is 5.56 Å². The molecule has 0 spiro atoms. The second-order valence-electron chi connectivity index (χ2n) is 4.30. The van der Waals surface area contributed by atoms with Crippen molar-refractivity contribution in [3.05, 3.63) is 53.0 Å². The number of rotatable bonds is 4. The number of hydrogen-bond acceptors (Lipinski definition) is 4. The molecule has 0 bridgehead atoms. The predicted molar refractivity (Wildman–Crippen MR) is 70.6 cm³/mol. The van der Waals surface area contributed by atoms with E-state index >= 15 is 0 Å². The minimum Gasteiger partial charge on any atom is -0.486 e. The fourth-order valence-corrected chi connectivity index (χ4v) is 1.70. The van der Waals surface area contributed by atoms with Gasteiger partial charge in [0.1, 0.15) is 18.1 Å². The monoisotopic (exact) mass is 260 g/mol. The Bertz CT molecular complexity index is 573. The van der Waals surface area contributed by atoms with E-state index in [1.54, 1.807) is 13.0 Å². The summed E-state index contributed by atoms with van der Waals surface area (Å²) in [6.07, 6.45) is 0. The number of furan rings is 1. The number of hydrazine groups is 1. The van der Waals surface area contributed by atoms with Crippen molar-refractivity contribution in [1.29, 1.82) is 0 Å². The van der Waals surface area contributed by atoms with Gasteiger partial charge >= 0.3 is 5.91 Å². The molecule has 1 aromatic carbocycles. The van der Waals surface area contributed by atoms with E-state index in [9.17, 15) is 4.79 Å². The molecule has 1 aromatic heterocycles. The van der Waals surface area contributed by atoms with Crippen LogP contribution >= 0.6 is 0 Å². The van der Waals surface area contributed by atoms with E-state index in [4.69, 9.17) is 15.0 Å². The third-order valence-electron chi connectivity index (χ3n) is 2.71. The Balaban J connectivity index is 2.04. The van der Waals surface area contributed by atoms with Crippen molar-refractivity contribution in [2.45, 2.75) is 20.5 Å². The molecule has 3 N–H and O–H groups in total. The third kappa shape index (κ3) is 3.14. The molecular formula is C14H16N2O3. The highest BCUT2D eigenvalue weighted by atomic mass is 16.5. The highest BCUT2D eigenvalue weighted by Gasteiger charge is 2.14. The average Bonchev–Trinajstić information content (AvgIpc) is 2.78. The highest BCUT2D eigenvalue weighted by molar-refractivity contribution is 5.92. The number of nitrogens with one attached hydrogen (secondary N) is 1. The summed E-state index contributed by atoms with van der Waals surface area (Å²) >= 11 is 0. The molecule has 1 amide bonds. The van der Waals surface area contributed by atoms with Gasteiger partial charge in [0.2, 0.25) is 0 Å².